The van der Waals surface area contributed by atoms with Gasteiger partial charge in [-0.15, -0.1) is 0 Å². The second kappa shape index (κ2) is 8.46. The monoisotopic (exact) mass is 509 g/mol. The van der Waals surface area contributed by atoms with Crippen LogP contribution in [0, 0.1) is 0 Å². The molecule has 1 N–H and O–H groups in total. The number of halogens is 4. The van der Waals surface area contributed by atoms with Gasteiger partial charge < -0.3 is 10.2 Å². The summed E-state index contributed by atoms with van der Waals surface area (Å²) < 4.78 is 28.2. The van der Waals surface area contributed by atoms with Crippen molar-refractivity contribution in [1.82, 2.24) is 24.6 Å². The van der Waals surface area contributed by atoms with Gasteiger partial charge in [-0.25, -0.2) is 23.4 Å². The molecule has 0 amide bonds. The quantitative estimate of drug-likeness (QED) is 0.497. The lowest BCUT2D eigenvalue weighted by atomic mass is 9.97. The summed E-state index contributed by atoms with van der Waals surface area (Å²) in [6.45, 7) is 7.34. The molecule has 2 aromatic heterocycles. The van der Waals surface area contributed by atoms with E-state index in [0.29, 0.717) is 21.8 Å². The van der Waals surface area contributed by atoms with Gasteiger partial charge in [-0.05, 0) is 45.7 Å². The molecule has 0 bridgehead atoms. The Morgan fingerprint density at radius 3 is 2.41 bits per heavy atom. The number of rotatable bonds is 4. The molecule has 0 aliphatic carbocycles. The zero-order valence-electron chi connectivity index (χ0n) is 19.3. The van der Waals surface area contributed by atoms with Crippen molar-refractivity contribution < 1.29 is 8.78 Å². The number of likely N-dealkylation sites (tertiary alicyclic amines) is 1. The maximum atomic E-state index is 13.2. The number of hydrogen-bond donors (Lipinski definition) is 1. The average Bonchev–Trinajstić information content (AvgIpc) is 3.12. The number of hydrogen-bond acceptors (Lipinski definition) is 6. The highest BCUT2D eigenvalue weighted by Gasteiger charge is 2.46. The molecule has 5 rings (SSSR count). The first-order valence-electron chi connectivity index (χ1n) is 11.3. The van der Waals surface area contributed by atoms with Gasteiger partial charge in [0.1, 0.15) is 0 Å². The number of fused-ring (bicyclic) bond motifs is 1. The first-order valence-corrected chi connectivity index (χ1v) is 12.1. The Morgan fingerprint density at radius 1 is 1.09 bits per heavy atom. The summed E-state index contributed by atoms with van der Waals surface area (Å²) in [5.41, 5.74) is 2.02. The van der Waals surface area contributed by atoms with Gasteiger partial charge in [-0.3, -0.25) is 4.90 Å². The molecule has 11 heteroatoms. The van der Waals surface area contributed by atoms with Crippen LogP contribution in [0.5, 0.6) is 0 Å². The predicted octanol–water partition coefficient (Wildman–Crippen LogP) is 5.55. The SMILES string of the molecule is CC(C)(C)n1ncc(Nc2ncc3cc(Cl)c(N4CCC(N5CC(F)(F)C5)CC4)cc3n2)c1Cl. The first kappa shape index (κ1) is 23.5. The van der Waals surface area contributed by atoms with Crippen LogP contribution in [0.25, 0.3) is 10.9 Å². The number of alkyl halides is 2. The maximum Gasteiger partial charge on any atom is 0.272 e. The topological polar surface area (TPSA) is 62.1 Å². The van der Waals surface area contributed by atoms with Crippen molar-refractivity contribution in [3.63, 3.8) is 0 Å². The Bertz CT molecular complexity index is 1210. The summed E-state index contributed by atoms with van der Waals surface area (Å²) in [5, 5.41) is 9.46. The van der Waals surface area contributed by atoms with Crippen LogP contribution in [0.4, 0.5) is 26.1 Å². The Hall–Kier alpha value is -2.23. The normalized spacial score (nSPS) is 19.4. The first-order chi connectivity index (χ1) is 16.0. The van der Waals surface area contributed by atoms with E-state index in [9.17, 15) is 8.78 Å². The van der Waals surface area contributed by atoms with Gasteiger partial charge in [0.25, 0.3) is 5.92 Å². The van der Waals surface area contributed by atoms with E-state index in [1.807, 2.05) is 37.8 Å². The predicted molar refractivity (Wildman–Crippen MR) is 132 cm³/mol. The minimum absolute atomic E-state index is 0.125. The zero-order valence-corrected chi connectivity index (χ0v) is 20.8. The molecule has 0 saturated carbocycles. The lowest BCUT2D eigenvalue weighted by Crippen LogP contribution is -2.61. The summed E-state index contributed by atoms with van der Waals surface area (Å²) in [6.07, 6.45) is 5.04. The second-order valence-corrected chi connectivity index (χ2v) is 10.9. The van der Waals surface area contributed by atoms with Crippen LogP contribution in [-0.2, 0) is 5.54 Å². The number of aromatic nitrogens is 4. The van der Waals surface area contributed by atoms with Crippen LogP contribution in [0.1, 0.15) is 33.6 Å². The molecular formula is C23H27Cl2F2N7. The van der Waals surface area contributed by atoms with E-state index in [-0.39, 0.29) is 24.7 Å². The molecule has 1 aromatic carbocycles. The van der Waals surface area contributed by atoms with Crippen molar-refractivity contribution in [2.24, 2.45) is 0 Å². The third-order valence-electron chi connectivity index (χ3n) is 6.43. The minimum Gasteiger partial charge on any atom is -0.370 e. The molecule has 0 spiro atoms. The molecule has 2 aliphatic rings. The Kier molecular flexibility index (Phi) is 5.85. The minimum atomic E-state index is -2.53. The van der Waals surface area contributed by atoms with Crippen molar-refractivity contribution in [2.75, 3.05) is 36.4 Å². The Morgan fingerprint density at radius 2 is 1.79 bits per heavy atom. The fraction of sp³-hybridized carbons (Fsp3) is 0.522. The summed E-state index contributed by atoms with van der Waals surface area (Å²) in [5.74, 6) is -2.12. The van der Waals surface area contributed by atoms with Crippen molar-refractivity contribution in [3.8, 4) is 0 Å². The van der Waals surface area contributed by atoms with Crippen molar-refractivity contribution in [2.45, 2.75) is 51.1 Å². The molecule has 2 aliphatic heterocycles. The van der Waals surface area contributed by atoms with Crippen LogP contribution < -0.4 is 10.2 Å². The third kappa shape index (κ3) is 4.53. The van der Waals surface area contributed by atoms with Crippen LogP contribution in [0.3, 0.4) is 0 Å². The van der Waals surface area contributed by atoms with Gasteiger partial charge in [0.2, 0.25) is 5.95 Å². The highest BCUT2D eigenvalue weighted by atomic mass is 35.5. The van der Waals surface area contributed by atoms with E-state index < -0.39 is 5.92 Å². The van der Waals surface area contributed by atoms with Crippen molar-refractivity contribution >= 4 is 51.4 Å². The molecule has 0 radical (unpaired) electrons. The fourth-order valence-corrected chi connectivity index (χ4v) is 5.31. The molecule has 34 heavy (non-hydrogen) atoms. The second-order valence-electron chi connectivity index (χ2n) is 10.1. The van der Waals surface area contributed by atoms with E-state index in [1.165, 1.54) is 0 Å². The van der Waals surface area contributed by atoms with Crippen LogP contribution in [0.15, 0.2) is 24.5 Å². The van der Waals surface area contributed by atoms with Gasteiger partial charge in [0, 0.05) is 30.7 Å². The Balaban J connectivity index is 1.33. The highest BCUT2D eigenvalue weighted by Crippen LogP contribution is 2.36. The van der Waals surface area contributed by atoms with E-state index in [0.717, 1.165) is 42.5 Å². The zero-order chi connectivity index (χ0) is 24.3. The molecular weight excluding hydrogens is 483 g/mol. The smallest absolute Gasteiger partial charge is 0.272 e. The molecule has 0 unspecified atom stereocenters. The van der Waals surface area contributed by atoms with E-state index in [4.69, 9.17) is 23.2 Å². The van der Waals surface area contributed by atoms with E-state index in [1.54, 1.807) is 17.1 Å². The van der Waals surface area contributed by atoms with Gasteiger partial charge in [0.05, 0.1) is 46.7 Å². The molecule has 182 valence electrons. The summed E-state index contributed by atoms with van der Waals surface area (Å²) >= 11 is 13.1. The fourth-order valence-electron chi connectivity index (χ4n) is 4.63. The van der Waals surface area contributed by atoms with Crippen molar-refractivity contribution in [3.05, 3.63) is 34.7 Å². The molecule has 7 nitrogen and oxygen atoms in total. The van der Waals surface area contributed by atoms with Crippen LogP contribution >= 0.6 is 23.2 Å². The third-order valence-corrected chi connectivity index (χ3v) is 7.10. The molecule has 2 saturated heterocycles. The largest absolute Gasteiger partial charge is 0.370 e. The highest BCUT2D eigenvalue weighted by molar-refractivity contribution is 6.34. The van der Waals surface area contributed by atoms with E-state index in [2.05, 4.69) is 25.3 Å². The van der Waals surface area contributed by atoms with Crippen LogP contribution in [-0.4, -0.2) is 62.8 Å². The molecule has 0 atom stereocenters. The lowest BCUT2D eigenvalue weighted by molar-refractivity contribution is -0.148. The van der Waals surface area contributed by atoms with Crippen molar-refractivity contribution in [1.29, 1.82) is 0 Å². The van der Waals surface area contributed by atoms with Crippen LogP contribution in [0.2, 0.25) is 10.2 Å². The van der Waals surface area contributed by atoms with Gasteiger partial charge in [-0.2, -0.15) is 5.10 Å². The number of anilines is 3. The summed E-state index contributed by atoms with van der Waals surface area (Å²) in [4.78, 5) is 13.2. The summed E-state index contributed by atoms with van der Waals surface area (Å²) in [7, 11) is 0. The molecule has 2 fully saturated rings. The molecule has 4 heterocycles. The standard InChI is InChI=1S/C23H27Cl2F2N7/c1-22(2,3)34-20(25)18(11-29-34)31-21-28-10-14-8-16(24)19(9-17(14)30-21)32-6-4-15(5-7-32)33-12-23(26,27)13-33/h8-11,15H,4-7,12-13H2,1-3H3,(H,28,30,31). The lowest BCUT2D eigenvalue weighted by Gasteiger charge is -2.47. The number of piperidine rings is 1. The van der Waals surface area contributed by atoms with E-state index >= 15 is 0 Å². The summed E-state index contributed by atoms with van der Waals surface area (Å²) in [6, 6.07) is 4.03. The maximum absolute atomic E-state index is 13.2. The molecule has 3 aromatic rings. The number of nitrogens with zero attached hydrogens (tertiary/aromatic N) is 6. The average molecular weight is 510 g/mol. The van der Waals surface area contributed by atoms with Gasteiger partial charge in [0.15, 0.2) is 5.15 Å². The Labute approximate surface area is 207 Å². The van der Waals surface area contributed by atoms with Gasteiger partial charge >= 0.3 is 0 Å². The number of nitrogens with one attached hydrogen (secondary N) is 1. The number of benzene rings is 1. The van der Waals surface area contributed by atoms with Gasteiger partial charge in [-0.1, -0.05) is 23.2 Å².